The fraction of sp³-hybridized carbons (Fsp3) is 0.143. The number of rotatable bonds is 1. The molecule has 0 atom stereocenters. The van der Waals surface area contributed by atoms with Crippen LogP contribution in [0.5, 0.6) is 0 Å². The number of nitrogens with two attached hydrogens (primary N) is 2. The molecule has 4 N–H and O–H groups in total. The molecular formula is C7H9N2NaO3S. The van der Waals surface area contributed by atoms with E-state index in [4.69, 9.17) is 11.5 Å². The van der Waals surface area contributed by atoms with Gasteiger partial charge in [-0.2, -0.15) is 0 Å². The summed E-state index contributed by atoms with van der Waals surface area (Å²) in [4.78, 5) is -0.417. The summed E-state index contributed by atoms with van der Waals surface area (Å²) in [6, 6.07) is 2.45. The van der Waals surface area contributed by atoms with E-state index in [-0.39, 0.29) is 35.2 Å². The SMILES string of the molecule is Cc1c(N)ccc(S(=O)(=O)[O-])c1N.[Na+]. The van der Waals surface area contributed by atoms with Gasteiger partial charge in [-0.15, -0.1) is 0 Å². The molecule has 1 rings (SSSR count). The molecule has 0 heterocycles. The first-order valence-corrected chi connectivity index (χ1v) is 4.85. The standard InChI is InChI=1S/C7H10N2O3S.Na/c1-4-5(8)2-3-6(7(4)9)13(10,11)12;/h2-3H,8-9H2,1H3,(H,10,11,12);/q;+1/p-1. The van der Waals surface area contributed by atoms with E-state index in [1.165, 1.54) is 6.07 Å². The summed E-state index contributed by atoms with van der Waals surface area (Å²) in [6.45, 7) is 1.55. The van der Waals surface area contributed by atoms with Gasteiger partial charge in [-0.25, -0.2) is 8.42 Å². The van der Waals surface area contributed by atoms with Gasteiger partial charge in [0.25, 0.3) is 0 Å². The van der Waals surface area contributed by atoms with Gasteiger partial charge >= 0.3 is 29.6 Å². The minimum absolute atomic E-state index is 0. The maximum atomic E-state index is 10.6. The molecule has 0 aliphatic carbocycles. The van der Waals surface area contributed by atoms with Crippen LogP contribution in [0.2, 0.25) is 0 Å². The Morgan fingerprint density at radius 3 is 2.21 bits per heavy atom. The quantitative estimate of drug-likeness (QED) is 0.301. The molecule has 1 aromatic rings. The van der Waals surface area contributed by atoms with E-state index in [2.05, 4.69) is 0 Å². The number of anilines is 2. The smallest absolute Gasteiger partial charge is 0.744 e. The van der Waals surface area contributed by atoms with E-state index in [0.717, 1.165) is 6.07 Å². The molecule has 0 saturated carbocycles. The summed E-state index contributed by atoms with van der Waals surface area (Å²) in [5.41, 5.74) is 11.6. The molecule has 0 unspecified atom stereocenters. The van der Waals surface area contributed by atoms with Crippen molar-refractivity contribution in [2.45, 2.75) is 11.8 Å². The van der Waals surface area contributed by atoms with Crippen LogP contribution in [0, 0.1) is 6.92 Å². The Hall–Kier alpha value is -0.270. The van der Waals surface area contributed by atoms with Crippen molar-refractivity contribution in [1.29, 1.82) is 0 Å². The molecule has 14 heavy (non-hydrogen) atoms. The number of nitrogen functional groups attached to an aromatic ring is 2. The van der Waals surface area contributed by atoms with Crippen molar-refractivity contribution in [2.75, 3.05) is 11.5 Å². The van der Waals surface area contributed by atoms with Crippen molar-refractivity contribution < 1.29 is 42.5 Å². The molecule has 1 aromatic carbocycles. The molecule has 5 nitrogen and oxygen atoms in total. The largest absolute Gasteiger partial charge is 1.00 e. The molecule has 0 aliphatic rings. The van der Waals surface area contributed by atoms with E-state index in [1.54, 1.807) is 6.92 Å². The summed E-state index contributed by atoms with van der Waals surface area (Å²) >= 11 is 0. The molecule has 0 saturated heterocycles. The second kappa shape index (κ2) is 4.50. The van der Waals surface area contributed by atoms with Crippen molar-refractivity contribution in [3.8, 4) is 0 Å². The van der Waals surface area contributed by atoms with Gasteiger partial charge in [0.05, 0.1) is 10.6 Å². The van der Waals surface area contributed by atoms with E-state index in [0.29, 0.717) is 11.3 Å². The summed E-state index contributed by atoms with van der Waals surface area (Å²) in [5.74, 6) is 0. The molecule has 7 heteroatoms. The predicted octanol–water partition coefficient (Wildman–Crippen LogP) is -2.93. The number of benzene rings is 1. The normalized spacial score (nSPS) is 10.7. The van der Waals surface area contributed by atoms with Crippen molar-refractivity contribution >= 4 is 21.5 Å². The van der Waals surface area contributed by atoms with Crippen LogP contribution in [-0.2, 0) is 10.1 Å². The monoisotopic (exact) mass is 224 g/mol. The molecule has 0 aromatic heterocycles. The van der Waals surface area contributed by atoms with Crippen LogP contribution in [-0.4, -0.2) is 13.0 Å². The summed E-state index contributed by atoms with van der Waals surface area (Å²) in [7, 11) is -4.50. The second-order valence-corrected chi connectivity index (χ2v) is 3.99. The zero-order valence-electron chi connectivity index (χ0n) is 7.94. The average molecular weight is 224 g/mol. The maximum Gasteiger partial charge on any atom is 1.00 e. The fourth-order valence-corrected chi connectivity index (χ4v) is 1.60. The molecule has 0 amide bonds. The summed E-state index contributed by atoms with van der Waals surface area (Å²) < 4.78 is 31.9. The minimum Gasteiger partial charge on any atom is -0.744 e. The zero-order valence-corrected chi connectivity index (χ0v) is 10.8. The van der Waals surface area contributed by atoms with Gasteiger partial charge < -0.3 is 16.0 Å². The number of hydrogen-bond acceptors (Lipinski definition) is 5. The second-order valence-electron chi connectivity index (χ2n) is 2.65. The summed E-state index contributed by atoms with van der Waals surface area (Å²) in [5, 5.41) is 0. The molecule has 0 fully saturated rings. The first kappa shape index (κ1) is 13.7. The molecular weight excluding hydrogens is 215 g/mol. The van der Waals surface area contributed by atoms with Crippen LogP contribution in [0.4, 0.5) is 11.4 Å². The third-order valence-corrected chi connectivity index (χ3v) is 2.68. The van der Waals surface area contributed by atoms with Crippen LogP contribution in [0.3, 0.4) is 0 Å². The van der Waals surface area contributed by atoms with Crippen LogP contribution in [0.25, 0.3) is 0 Å². The van der Waals surface area contributed by atoms with Crippen LogP contribution in [0.15, 0.2) is 17.0 Å². The van der Waals surface area contributed by atoms with Crippen LogP contribution < -0.4 is 41.0 Å². The van der Waals surface area contributed by atoms with Gasteiger partial charge in [0.1, 0.15) is 10.1 Å². The zero-order chi connectivity index (χ0) is 10.2. The van der Waals surface area contributed by atoms with Crippen LogP contribution >= 0.6 is 0 Å². The molecule has 0 spiro atoms. The maximum absolute atomic E-state index is 10.6. The Kier molecular flexibility index (Phi) is 4.41. The molecule has 0 radical (unpaired) electrons. The Balaban J connectivity index is 0.00000169. The minimum atomic E-state index is -4.50. The number of hydrogen-bond donors (Lipinski definition) is 2. The van der Waals surface area contributed by atoms with E-state index < -0.39 is 15.0 Å². The molecule has 72 valence electrons. The van der Waals surface area contributed by atoms with Gasteiger partial charge in [-0.3, -0.25) is 0 Å². The first-order chi connectivity index (χ1) is 5.84. The topological polar surface area (TPSA) is 109 Å². The van der Waals surface area contributed by atoms with Crippen molar-refractivity contribution in [2.24, 2.45) is 0 Å². The van der Waals surface area contributed by atoms with Gasteiger partial charge in [-0.1, -0.05) is 0 Å². The predicted molar refractivity (Wildman–Crippen MR) is 48.0 cm³/mol. The third-order valence-electron chi connectivity index (χ3n) is 1.79. The fourth-order valence-electron chi connectivity index (χ4n) is 0.939. The Bertz CT molecular complexity index is 444. The Morgan fingerprint density at radius 1 is 1.29 bits per heavy atom. The Morgan fingerprint density at radius 2 is 1.79 bits per heavy atom. The molecule has 0 aliphatic heterocycles. The van der Waals surface area contributed by atoms with E-state index in [1.807, 2.05) is 0 Å². The van der Waals surface area contributed by atoms with Gasteiger partial charge in [0.2, 0.25) is 0 Å². The van der Waals surface area contributed by atoms with Crippen molar-refractivity contribution in [1.82, 2.24) is 0 Å². The van der Waals surface area contributed by atoms with E-state index >= 15 is 0 Å². The van der Waals surface area contributed by atoms with Gasteiger partial charge in [0.15, 0.2) is 0 Å². The average Bonchev–Trinajstić information content (AvgIpc) is 1.98. The van der Waals surface area contributed by atoms with Crippen molar-refractivity contribution in [3.05, 3.63) is 17.7 Å². The van der Waals surface area contributed by atoms with Crippen molar-refractivity contribution in [3.63, 3.8) is 0 Å². The Labute approximate surface area is 105 Å². The van der Waals surface area contributed by atoms with Gasteiger partial charge in [-0.05, 0) is 24.6 Å². The third kappa shape index (κ3) is 2.61. The molecule has 0 bridgehead atoms. The van der Waals surface area contributed by atoms with Crippen LogP contribution in [0.1, 0.15) is 5.56 Å². The first-order valence-electron chi connectivity index (χ1n) is 3.44. The van der Waals surface area contributed by atoms with E-state index in [9.17, 15) is 13.0 Å². The van der Waals surface area contributed by atoms with Gasteiger partial charge in [0, 0.05) is 5.69 Å². The summed E-state index contributed by atoms with van der Waals surface area (Å²) in [6.07, 6.45) is 0.